The van der Waals surface area contributed by atoms with Crippen molar-refractivity contribution in [2.75, 3.05) is 51.3 Å². The van der Waals surface area contributed by atoms with Crippen molar-refractivity contribution in [1.82, 2.24) is 14.2 Å². The number of aromatic nitrogens is 1. The first-order valence-corrected chi connectivity index (χ1v) is 16.4. The van der Waals surface area contributed by atoms with Gasteiger partial charge in [-0.1, -0.05) is 44.4 Å². The fourth-order valence-electron chi connectivity index (χ4n) is 5.37. The number of carbonyl (C=O) groups is 1. The van der Waals surface area contributed by atoms with E-state index in [4.69, 9.17) is 14.5 Å². The fourth-order valence-corrected chi connectivity index (χ4v) is 7.78. The minimum atomic E-state index is -3.64. The smallest absolute Gasteiger partial charge is 0.260 e. The molecule has 2 heterocycles. The third kappa shape index (κ3) is 5.97. The molecule has 9 nitrogen and oxygen atoms in total. The Morgan fingerprint density at radius 1 is 0.975 bits per heavy atom. The number of likely N-dealkylation sites (N-methyl/N-ethyl adjacent to an activating group) is 1. The van der Waals surface area contributed by atoms with E-state index in [-0.39, 0.29) is 16.8 Å². The molecule has 11 heteroatoms. The maximum absolute atomic E-state index is 13.9. The summed E-state index contributed by atoms with van der Waals surface area (Å²) in [6, 6.07) is 10.1. The van der Waals surface area contributed by atoms with E-state index in [1.807, 2.05) is 12.1 Å². The van der Waals surface area contributed by atoms with E-state index >= 15 is 0 Å². The zero-order chi connectivity index (χ0) is 28.3. The molecular weight excluding hydrogens is 548 g/mol. The number of rotatable bonds is 10. The molecule has 0 radical (unpaired) electrons. The van der Waals surface area contributed by atoms with E-state index in [0.717, 1.165) is 55.4 Å². The zero-order valence-corrected chi connectivity index (χ0v) is 25.1. The van der Waals surface area contributed by atoms with Gasteiger partial charge in [0.05, 0.1) is 15.1 Å². The third-order valence-corrected chi connectivity index (χ3v) is 10.9. The molecule has 0 saturated heterocycles. The van der Waals surface area contributed by atoms with Crippen molar-refractivity contribution < 1.29 is 22.7 Å². The SMILES string of the molecule is CCN(CC)CCN(C(=O)c1ccc(S(=O)(=O)N(C)C2CCCCC2)cc1)c1nc2cc3c(cc2s1)OCCO3. The Bertz CT molecular complexity index is 1390. The van der Waals surface area contributed by atoms with Gasteiger partial charge in [-0.05, 0) is 50.2 Å². The van der Waals surface area contributed by atoms with Gasteiger partial charge >= 0.3 is 0 Å². The molecule has 2 aliphatic rings. The number of hydrogen-bond acceptors (Lipinski definition) is 8. The maximum Gasteiger partial charge on any atom is 0.260 e. The summed E-state index contributed by atoms with van der Waals surface area (Å²) in [4.78, 5) is 22.8. The van der Waals surface area contributed by atoms with Crippen LogP contribution < -0.4 is 14.4 Å². The van der Waals surface area contributed by atoms with Crippen LogP contribution in [-0.2, 0) is 10.0 Å². The van der Waals surface area contributed by atoms with E-state index in [1.165, 1.54) is 15.6 Å². The molecule has 216 valence electrons. The number of fused-ring (bicyclic) bond motifs is 2. The van der Waals surface area contributed by atoms with Gasteiger partial charge in [-0.15, -0.1) is 0 Å². The molecule has 0 atom stereocenters. The van der Waals surface area contributed by atoms with Crippen LogP contribution in [-0.4, -0.2) is 81.0 Å². The van der Waals surface area contributed by atoms with E-state index in [2.05, 4.69) is 18.7 Å². The topological polar surface area (TPSA) is 92.3 Å². The summed E-state index contributed by atoms with van der Waals surface area (Å²) >= 11 is 1.43. The number of nitrogens with zero attached hydrogens (tertiary/aromatic N) is 4. The fraction of sp³-hybridized carbons (Fsp3) is 0.517. The van der Waals surface area contributed by atoms with Crippen LogP contribution in [0, 0.1) is 0 Å². The largest absolute Gasteiger partial charge is 0.486 e. The lowest BCUT2D eigenvalue weighted by Gasteiger charge is -2.30. The number of anilines is 1. The van der Waals surface area contributed by atoms with Gasteiger partial charge in [-0.3, -0.25) is 9.69 Å². The summed E-state index contributed by atoms with van der Waals surface area (Å²) < 4.78 is 40.5. The van der Waals surface area contributed by atoms with Crippen LogP contribution in [0.4, 0.5) is 5.13 Å². The van der Waals surface area contributed by atoms with E-state index in [0.29, 0.717) is 48.5 Å². The number of thiazole rings is 1. The quantitative estimate of drug-likeness (QED) is 0.330. The molecule has 1 aromatic heterocycles. The van der Waals surface area contributed by atoms with Crippen LogP contribution in [0.1, 0.15) is 56.3 Å². The molecule has 0 unspecified atom stereocenters. The lowest BCUT2D eigenvalue weighted by molar-refractivity contribution is 0.0983. The molecule has 40 heavy (non-hydrogen) atoms. The average Bonchev–Trinajstić information content (AvgIpc) is 3.40. The van der Waals surface area contributed by atoms with Gasteiger partial charge < -0.3 is 14.4 Å². The summed E-state index contributed by atoms with van der Waals surface area (Å²) in [6.07, 6.45) is 5.03. The number of carbonyl (C=O) groups excluding carboxylic acids is 1. The summed E-state index contributed by atoms with van der Waals surface area (Å²) in [6.45, 7) is 8.09. The lowest BCUT2D eigenvalue weighted by Crippen LogP contribution is -2.39. The number of ether oxygens (including phenoxy) is 2. The molecule has 1 amide bonds. The standard InChI is InChI=1S/C29H38N4O5S2/c1-4-32(5-2)15-16-33(29-30-24-19-25-26(20-27(24)39-29)38-18-17-37-25)28(34)21-11-13-23(14-12-21)40(35,36)31(3)22-9-7-6-8-10-22/h11-14,19-20,22H,4-10,15-18H2,1-3H3. The Kier molecular flexibility index (Phi) is 8.94. The van der Waals surface area contributed by atoms with Crippen LogP contribution in [0.5, 0.6) is 11.5 Å². The molecule has 1 fully saturated rings. The van der Waals surface area contributed by atoms with Crippen molar-refractivity contribution in [3.8, 4) is 11.5 Å². The Labute approximate surface area is 240 Å². The summed E-state index contributed by atoms with van der Waals surface area (Å²) in [5, 5.41) is 0.586. The molecule has 5 rings (SSSR count). The van der Waals surface area contributed by atoms with Gasteiger partial charge in [0.25, 0.3) is 5.91 Å². The zero-order valence-electron chi connectivity index (χ0n) is 23.5. The first-order chi connectivity index (χ1) is 19.3. The first kappa shape index (κ1) is 28.8. The highest BCUT2D eigenvalue weighted by Crippen LogP contribution is 2.39. The lowest BCUT2D eigenvalue weighted by atomic mass is 9.96. The Morgan fingerprint density at radius 3 is 2.27 bits per heavy atom. The molecule has 1 aliphatic heterocycles. The van der Waals surface area contributed by atoms with Crippen LogP contribution in [0.3, 0.4) is 0 Å². The molecular formula is C29H38N4O5S2. The second-order valence-corrected chi connectivity index (χ2v) is 13.3. The second kappa shape index (κ2) is 12.4. The maximum atomic E-state index is 13.9. The third-order valence-electron chi connectivity index (χ3n) is 7.92. The van der Waals surface area contributed by atoms with E-state index in [9.17, 15) is 13.2 Å². The molecule has 1 saturated carbocycles. The summed E-state index contributed by atoms with van der Waals surface area (Å²) in [5.41, 5.74) is 1.17. The average molecular weight is 587 g/mol. The minimum absolute atomic E-state index is 0.0242. The molecule has 0 bridgehead atoms. The number of benzene rings is 2. The van der Waals surface area contributed by atoms with Crippen molar-refractivity contribution in [2.24, 2.45) is 0 Å². The molecule has 0 spiro atoms. The molecule has 0 N–H and O–H groups in total. The van der Waals surface area contributed by atoms with Gasteiger partial charge in [0.2, 0.25) is 10.0 Å². The van der Waals surface area contributed by atoms with Gasteiger partial charge in [0.15, 0.2) is 16.6 Å². The van der Waals surface area contributed by atoms with Crippen molar-refractivity contribution in [3.63, 3.8) is 0 Å². The van der Waals surface area contributed by atoms with Gasteiger partial charge in [-0.2, -0.15) is 4.31 Å². The van der Waals surface area contributed by atoms with E-state index < -0.39 is 10.0 Å². The second-order valence-electron chi connectivity index (χ2n) is 10.3. The number of amides is 1. The van der Waals surface area contributed by atoms with Crippen molar-refractivity contribution >= 4 is 42.6 Å². The molecule has 2 aromatic carbocycles. The van der Waals surface area contributed by atoms with Crippen molar-refractivity contribution in [3.05, 3.63) is 42.0 Å². The monoisotopic (exact) mass is 586 g/mol. The van der Waals surface area contributed by atoms with Crippen molar-refractivity contribution in [1.29, 1.82) is 0 Å². The minimum Gasteiger partial charge on any atom is -0.486 e. The highest BCUT2D eigenvalue weighted by atomic mass is 32.2. The predicted octanol–water partition coefficient (Wildman–Crippen LogP) is 5.01. The summed E-state index contributed by atoms with van der Waals surface area (Å²) in [7, 11) is -1.97. The highest BCUT2D eigenvalue weighted by Gasteiger charge is 2.30. The summed E-state index contributed by atoms with van der Waals surface area (Å²) in [5.74, 6) is 1.13. The van der Waals surface area contributed by atoms with Crippen LogP contribution >= 0.6 is 11.3 Å². The highest BCUT2D eigenvalue weighted by molar-refractivity contribution is 7.89. The van der Waals surface area contributed by atoms with Crippen LogP contribution in [0.25, 0.3) is 10.2 Å². The van der Waals surface area contributed by atoms with E-state index in [1.54, 1.807) is 36.2 Å². The Morgan fingerprint density at radius 2 is 1.62 bits per heavy atom. The van der Waals surface area contributed by atoms with Crippen LogP contribution in [0.15, 0.2) is 41.3 Å². The van der Waals surface area contributed by atoms with Gasteiger partial charge in [0, 0.05) is 43.9 Å². The van der Waals surface area contributed by atoms with Gasteiger partial charge in [0.1, 0.15) is 13.2 Å². The van der Waals surface area contributed by atoms with Crippen molar-refractivity contribution in [2.45, 2.75) is 56.9 Å². The first-order valence-electron chi connectivity index (χ1n) is 14.1. The number of sulfonamides is 1. The molecule has 3 aromatic rings. The number of hydrogen-bond donors (Lipinski definition) is 0. The van der Waals surface area contributed by atoms with Crippen LogP contribution in [0.2, 0.25) is 0 Å². The Hall–Kier alpha value is -2.73. The predicted molar refractivity (Wildman–Crippen MR) is 158 cm³/mol. The normalized spacial score (nSPS) is 16.1. The molecule has 1 aliphatic carbocycles. The van der Waals surface area contributed by atoms with Gasteiger partial charge in [-0.25, -0.2) is 13.4 Å². The Balaban J connectivity index is 1.42.